The Bertz CT molecular complexity index is 957. The number of nitrogens with one attached hydrogen (secondary N) is 2. The minimum absolute atomic E-state index is 0.206. The second-order valence-electron chi connectivity index (χ2n) is 6.27. The molecule has 0 spiro atoms. The van der Waals surface area contributed by atoms with Crippen LogP contribution in [0.4, 0.5) is 10.1 Å². The van der Waals surface area contributed by atoms with Gasteiger partial charge < -0.3 is 19.8 Å². The minimum atomic E-state index is -0.373. The standard InChI is InChI=1S/C22H21FN2O4/c23-16-6-3-7-17(14-16)28-13-5-11-21(26)25-20-10-2-1-9-19(20)22(27)24-15-18-8-4-12-29-18/h1-4,6-10,12,14H,5,11,13,15H2,(H,24,27)(H,25,26). The summed E-state index contributed by atoms with van der Waals surface area (Å²) in [6.45, 7) is 0.535. The SMILES string of the molecule is O=C(CCCOc1cccc(F)c1)Nc1ccccc1C(=O)NCc1ccco1. The molecule has 0 aliphatic carbocycles. The van der Waals surface area contributed by atoms with Crippen molar-refractivity contribution in [2.75, 3.05) is 11.9 Å². The lowest BCUT2D eigenvalue weighted by molar-refractivity contribution is -0.116. The summed E-state index contributed by atoms with van der Waals surface area (Å²) < 4.78 is 23.7. The van der Waals surface area contributed by atoms with Crippen LogP contribution in [0.15, 0.2) is 71.3 Å². The van der Waals surface area contributed by atoms with Crippen LogP contribution >= 0.6 is 0 Å². The van der Waals surface area contributed by atoms with Crippen molar-refractivity contribution in [3.8, 4) is 5.75 Å². The Kier molecular flexibility index (Phi) is 7.00. The smallest absolute Gasteiger partial charge is 0.253 e. The topological polar surface area (TPSA) is 80.6 Å². The second kappa shape index (κ2) is 10.1. The summed E-state index contributed by atoms with van der Waals surface area (Å²) in [6.07, 6.45) is 2.19. The van der Waals surface area contributed by atoms with E-state index in [2.05, 4.69) is 10.6 Å². The van der Waals surface area contributed by atoms with Crippen LogP contribution < -0.4 is 15.4 Å². The van der Waals surface area contributed by atoms with Crippen molar-refractivity contribution >= 4 is 17.5 Å². The number of benzene rings is 2. The maximum absolute atomic E-state index is 13.1. The van der Waals surface area contributed by atoms with Gasteiger partial charge in [0.25, 0.3) is 5.91 Å². The minimum Gasteiger partial charge on any atom is -0.493 e. The number of carbonyl (C=O) groups excluding carboxylic acids is 2. The first kappa shape index (κ1) is 20.1. The molecule has 0 atom stereocenters. The Labute approximate surface area is 167 Å². The van der Waals surface area contributed by atoms with Gasteiger partial charge in [0.15, 0.2) is 0 Å². The summed E-state index contributed by atoms with van der Waals surface area (Å²) >= 11 is 0. The molecule has 0 fully saturated rings. The van der Waals surface area contributed by atoms with E-state index in [0.29, 0.717) is 29.2 Å². The average molecular weight is 396 g/mol. The summed E-state index contributed by atoms with van der Waals surface area (Å²) in [5.41, 5.74) is 0.795. The van der Waals surface area contributed by atoms with Crippen LogP contribution in [-0.2, 0) is 11.3 Å². The van der Waals surface area contributed by atoms with E-state index in [-0.39, 0.29) is 37.2 Å². The lowest BCUT2D eigenvalue weighted by Gasteiger charge is -2.11. The van der Waals surface area contributed by atoms with E-state index in [0.717, 1.165) is 0 Å². The first-order valence-electron chi connectivity index (χ1n) is 9.19. The Balaban J connectivity index is 1.47. The third-order valence-corrected chi connectivity index (χ3v) is 4.06. The third kappa shape index (κ3) is 6.21. The number of ether oxygens (including phenoxy) is 1. The Morgan fingerprint density at radius 3 is 2.69 bits per heavy atom. The highest BCUT2D eigenvalue weighted by Crippen LogP contribution is 2.16. The maximum Gasteiger partial charge on any atom is 0.253 e. The van der Waals surface area contributed by atoms with Gasteiger partial charge in [-0.3, -0.25) is 9.59 Å². The molecule has 6 nitrogen and oxygen atoms in total. The van der Waals surface area contributed by atoms with Crippen LogP contribution in [0.1, 0.15) is 29.0 Å². The molecule has 0 saturated carbocycles. The van der Waals surface area contributed by atoms with Crippen LogP contribution in [0.2, 0.25) is 0 Å². The first-order valence-corrected chi connectivity index (χ1v) is 9.19. The number of hydrogen-bond acceptors (Lipinski definition) is 4. The zero-order chi connectivity index (χ0) is 20.5. The molecule has 3 aromatic rings. The highest BCUT2D eigenvalue weighted by atomic mass is 19.1. The van der Waals surface area contributed by atoms with E-state index in [1.54, 1.807) is 48.5 Å². The molecule has 1 heterocycles. The third-order valence-electron chi connectivity index (χ3n) is 4.06. The molecule has 0 aliphatic rings. The molecule has 0 bridgehead atoms. The van der Waals surface area contributed by atoms with E-state index in [4.69, 9.17) is 9.15 Å². The number of rotatable bonds is 9. The first-order chi connectivity index (χ1) is 14.1. The molecule has 2 amide bonds. The summed E-state index contributed by atoms with van der Waals surface area (Å²) in [6, 6.07) is 16.1. The fourth-order valence-electron chi connectivity index (χ4n) is 2.66. The number of halogens is 1. The van der Waals surface area contributed by atoms with Crippen molar-refractivity contribution in [2.24, 2.45) is 0 Å². The molecule has 29 heavy (non-hydrogen) atoms. The summed E-state index contributed by atoms with van der Waals surface area (Å²) in [7, 11) is 0. The van der Waals surface area contributed by atoms with Crippen molar-refractivity contribution in [3.05, 3.63) is 84.1 Å². The van der Waals surface area contributed by atoms with Gasteiger partial charge in [0.05, 0.1) is 30.7 Å². The van der Waals surface area contributed by atoms with E-state index in [1.807, 2.05) is 0 Å². The molecule has 3 rings (SSSR count). The predicted octanol–water partition coefficient (Wildman–Crippen LogP) is 4.15. The van der Waals surface area contributed by atoms with Gasteiger partial charge in [0.1, 0.15) is 17.3 Å². The number of para-hydroxylation sites is 1. The second-order valence-corrected chi connectivity index (χ2v) is 6.27. The molecule has 0 unspecified atom stereocenters. The summed E-state index contributed by atoms with van der Waals surface area (Å²) in [5, 5.41) is 5.51. The Hall–Kier alpha value is -3.61. The van der Waals surface area contributed by atoms with Crippen LogP contribution in [0.5, 0.6) is 5.75 Å². The molecular weight excluding hydrogens is 375 g/mol. The number of hydrogen-bond donors (Lipinski definition) is 2. The fraction of sp³-hybridized carbons (Fsp3) is 0.182. The Morgan fingerprint density at radius 2 is 1.90 bits per heavy atom. The van der Waals surface area contributed by atoms with Gasteiger partial charge in [-0.1, -0.05) is 18.2 Å². The lowest BCUT2D eigenvalue weighted by Crippen LogP contribution is -2.24. The van der Waals surface area contributed by atoms with E-state index in [1.165, 1.54) is 18.4 Å². The van der Waals surface area contributed by atoms with E-state index < -0.39 is 0 Å². The van der Waals surface area contributed by atoms with E-state index >= 15 is 0 Å². The normalized spacial score (nSPS) is 10.4. The fourth-order valence-corrected chi connectivity index (χ4v) is 2.66. The Morgan fingerprint density at radius 1 is 1.03 bits per heavy atom. The number of carbonyl (C=O) groups is 2. The largest absolute Gasteiger partial charge is 0.493 e. The van der Waals surface area contributed by atoms with Gasteiger partial charge in [-0.25, -0.2) is 4.39 Å². The van der Waals surface area contributed by atoms with Gasteiger partial charge in [0.2, 0.25) is 5.91 Å². The monoisotopic (exact) mass is 396 g/mol. The van der Waals surface area contributed by atoms with Crippen molar-refractivity contribution in [1.82, 2.24) is 5.32 Å². The highest BCUT2D eigenvalue weighted by molar-refractivity contribution is 6.03. The van der Waals surface area contributed by atoms with Crippen molar-refractivity contribution < 1.29 is 23.1 Å². The van der Waals surface area contributed by atoms with Crippen LogP contribution in [0, 0.1) is 5.82 Å². The number of amides is 2. The molecular formula is C22H21FN2O4. The van der Waals surface area contributed by atoms with Crippen molar-refractivity contribution in [2.45, 2.75) is 19.4 Å². The van der Waals surface area contributed by atoms with Gasteiger partial charge >= 0.3 is 0 Å². The quantitative estimate of drug-likeness (QED) is 0.533. The molecule has 150 valence electrons. The van der Waals surface area contributed by atoms with Gasteiger partial charge in [-0.15, -0.1) is 0 Å². The van der Waals surface area contributed by atoms with Crippen LogP contribution in [0.3, 0.4) is 0 Å². The summed E-state index contributed by atoms with van der Waals surface area (Å²) in [5.74, 6) is 0.134. The average Bonchev–Trinajstić information content (AvgIpc) is 3.24. The number of furan rings is 1. The molecule has 0 radical (unpaired) electrons. The summed E-state index contributed by atoms with van der Waals surface area (Å²) in [4.78, 5) is 24.7. The lowest BCUT2D eigenvalue weighted by atomic mass is 10.1. The molecule has 7 heteroatoms. The maximum atomic E-state index is 13.1. The van der Waals surface area contributed by atoms with Crippen LogP contribution in [0.25, 0.3) is 0 Å². The molecule has 2 N–H and O–H groups in total. The van der Waals surface area contributed by atoms with Gasteiger partial charge in [-0.2, -0.15) is 0 Å². The molecule has 2 aromatic carbocycles. The van der Waals surface area contributed by atoms with Gasteiger partial charge in [-0.05, 0) is 42.8 Å². The zero-order valence-electron chi connectivity index (χ0n) is 15.7. The zero-order valence-corrected chi connectivity index (χ0v) is 15.7. The number of anilines is 1. The predicted molar refractivity (Wildman–Crippen MR) is 106 cm³/mol. The van der Waals surface area contributed by atoms with Gasteiger partial charge in [0, 0.05) is 12.5 Å². The van der Waals surface area contributed by atoms with Crippen LogP contribution in [-0.4, -0.2) is 18.4 Å². The van der Waals surface area contributed by atoms with Crippen molar-refractivity contribution in [1.29, 1.82) is 0 Å². The molecule has 1 aromatic heterocycles. The molecule has 0 aliphatic heterocycles. The highest BCUT2D eigenvalue weighted by Gasteiger charge is 2.13. The van der Waals surface area contributed by atoms with E-state index in [9.17, 15) is 14.0 Å². The molecule has 0 saturated heterocycles. The van der Waals surface area contributed by atoms with Crippen molar-refractivity contribution in [3.63, 3.8) is 0 Å².